The van der Waals surface area contributed by atoms with Gasteiger partial charge in [0.15, 0.2) is 0 Å². The third-order valence-corrected chi connectivity index (χ3v) is 4.71. The zero-order chi connectivity index (χ0) is 16.9. The first-order valence-electron chi connectivity index (χ1n) is 8.52. The highest BCUT2D eigenvalue weighted by Crippen LogP contribution is 2.20. The first kappa shape index (κ1) is 16.9. The Labute approximate surface area is 141 Å². The predicted octanol–water partition coefficient (Wildman–Crippen LogP) is 1.47. The van der Waals surface area contributed by atoms with Crippen molar-refractivity contribution in [3.63, 3.8) is 0 Å². The Hall–Kier alpha value is -1.95. The first-order valence-corrected chi connectivity index (χ1v) is 8.52. The molecule has 0 spiro atoms. The van der Waals surface area contributed by atoms with Gasteiger partial charge in [0.1, 0.15) is 5.82 Å². The van der Waals surface area contributed by atoms with Crippen LogP contribution in [0.3, 0.4) is 0 Å². The van der Waals surface area contributed by atoms with E-state index in [4.69, 9.17) is 4.74 Å². The Morgan fingerprint density at radius 1 is 1.08 bits per heavy atom. The van der Waals surface area contributed by atoms with Gasteiger partial charge in [-0.15, -0.1) is 0 Å². The first-order chi connectivity index (χ1) is 11.6. The van der Waals surface area contributed by atoms with Crippen LogP contribution in [-0.4, -0.2) is 61.0 Å². The molecule has 2 saturated heterocycles. The Balaban J connectivity index is 1.57. The molecule has 1 atom stereocenters. The number of benzene rings is 1. The van der Waals surface area contributed by atoms with E-state index in [0.29, 0.717) is 39.4 Å². The average Bonchev–Trinajstić information content (AvgIpc) is 2.64. The van der Waals surface area contributed by atoms with Crippen molar-refractivity contribution in [2.75, 3.05) is 39.4 Å². The van der Waals surface area contributed by atoms with E-state index in [1.54, 1.807) is 17.0 Å². The summed E-state index contributed by atoms with van der Waals surface area (Å²) in [6, 6.07) is 5.99. The van der Waals surface area contributed by atoms with Crippen LogP contribution >= 0.6 is 0 Å². The molecule has 3 rings (SSSR count). The van der Waals surface area contributed by atoms with Gasteiger partial charge in [-0.05, 0) is 30.5 Å². The molecule has 1 aromatic rings. The molecule has 0 aromatic heterocycles. The second-order valence-corrected chi connectivity index (χ2v) is 6.42. The molecule has 130 valence electrons. The van der Waals surface area contributed by atoms with Gasteiger partial charge in [-0.3, -0.25) is 9.59 Å². The van der Waals surface area contributed by atoms with Gasteiger partial charge in [-0.2, -0.15) is 0 Å². The number of rotatable bonds is 3. The highest BCUT2D eigenvalue weighted by Gasteiger charge is 2.31. The van der Waals surface area contributed by atoms with E-state index in [1.807, 2.05) is 4.90 Å². The van der Waals surface area contributed by atoms with Crippen molar-refractivity contribution in [2.45, 2.75) is 19.3 Å². The largest absolute Gasteiger partial charge is 0.378 e. The molecule has 2 amide bonds. The number of piperidine rings is 1. The average molecular weight is 334 g/mol. The summed E-state index contributed by atoms with van der Waals surface area (Å²) in [4.78, 5) is 28.7. The van der Waals surface area contributed by atoms with Gasteiger partial charge in [0.2, 0.25) is 11.8 Å². The highest BCUT2D eigenvalue weighted by molar-refractivity contribution is 5.82. The van der Waals surface area contributed by atoms with Crippen LogP contribution in [0.5, 0.6) is 0 Å². The maximum absolute atomic E-state index is 12.9. The number of amides is 2. The summed E-state index contributed by atoms with van der Waals surface area (Å²) in [5.41, 5.74) is 0.794. The number of ether oxygens (including phenoxy) is 1. The van der Waals surface area contributed by atoms with Crippen LogP contribution in [0.4, 0.5) is 4.39 Å². The molecule has 0 N–H and O–H groups in total. The number of likely N-dealkylation sites (tertiary alicyclic amines) is 1. The van der Waals surface area contributed by atoms with Gasteiger partial charge in [0, 0.05) is 26.2 Å². The number of carbonyl (C=O) groups is 2. The summed E-state index contributed by atoms with van der Waals surface area (Å²) in [6.45, 7) is 3.62. The van der Waals surface area contributed by atoms with Crippen molar-refractivity contribution in [1.29, 1.82) is 0 Å². The lowest BCUT2D eigenvalue weighted by molar-refractivity contribution is -0.143. The van der Waals surface area contributed by atoms with E-state index in [0.717, 1.165) is 18.4 Å². The number of nitrogens with zero attached hydrogens (tertiary/aromatic N) is 2. The lowest BCUT2D eigenvalue weighted by Gasteiger charge is -2.36. The van der Waals surface area contributed by atoms with Crippen LogP contribution in [0.2, 0.25) is 0 Å². The minimum absolute atomic E-state index is 0.00101. The third kappa shape index (κ3) is 4.12. The van der Waals surface area contributed by atoms with E-state index < -0.39 is 0 Å². The van der Waals surface area contributed by atoms with E-state index >= 15 is 0 Å². The molecule has 0 radical (unpaired) electrons. The standard InChI is InChI=1S/C18H23FN2O3/c19-16-5-3-14(4-6-16)12-17(22)21-7-1-2-15(13-21)18(23)20-8-10-24-11-9-20/h3-6,15H,1-2,7-13H2. The van der Waals surface area contributed by atoms with Crippen LogP contribution in [0, 0.1) is 11.7 Å². The molecular formula is C18H23FN2O3. The van der Waals surface area contributed by atoms with Crippen molar-refractivity contribution in [3.05, 3.63) is 35.6 Å². The fraction of sp³-hybridized carbons (Fsp3) is 0.556. The molecule has 2 aliphatic rings. The number of halogens is 1. The summed E-state index contributed by atoms with van der Waals surface area (Å²) in [6.07, 6.45) is 1.92. The maximum Gasteiger partial charge on any atom is 0.227 e. The third-order valence-electron chi connectivity index (χ3n) is 4.71. The molecule has 0 bridgehead atoms. The highest BCUT2D eigenvalue weighted by atomic mass is 19.1. The van der Waals surface area contributed by atoms with Crippen LogP contribution in [0.25, 0.3) is 0 Å². The monoisotopic (exact) mass is 334 g/mol. The van der Waals surface area contributed by atoms with Crippen molar-refractivity contribution in [1.82, 2.24) is 9.80 Å². The van der Waals surface area contributed by atoms with Crippen LogP contribution < -0.4 is 0 Å². The molecule has 0 aliphatic carbocycles. The fourth-order valence-electron chi connectivity index (χ4n) is 3.34. The van der Waals surface area contributed by atoms with Crippen molar-refractivity contribution < 1.29 is 18.7 Å². The Morgan fingerprint density at radius 3 is 2.50 bits per heavy atom. The molecular weight excluding hydrogens is 311 g/mol. The summed E-state index contributed by atoms with van der Waals surface area (Å²) >= 11 is 0. The van der Waals surface area contributed by atoms with E-state index in [9.17, 15) is 14.0 Å². The number of carbonyl (C=O) groups excluding carboxylic acids is 2. The lowest BCUT2D eigenvalue weighted by Crippen LogP contribution is -2.49. The van der Waals surface area contributed by atoms with Gasteiger partial charge in [-0.1, -0.05) is 12.1 Å². The summed E-state index contributed by atoms with van der Waals surface area (Å²) < 4.78 is 18.2. The summed E-state index contributed by atoms with van der Waals surface area (Å²) in [5.74, 6) is -0.284. The summed E-state index contributed by atoms with van der Waals surface area (Å²) in [5, 5.41) is 0. The van der Waals surface area contributed by atoms with E-state index in [-0.39, 0.29) is 30.0 Å². The Morgan fingerprint density at radius 2 is 1.79 bits per heavy atom. The Bertz CT molecular complexity index is 584. The number of hydrogen-bond acceptors (Lipinski definition) is 3. The smallest absolute Gasteiger partial charge is 0.227 e. The van der Waals surface area contributed by atoms with Gasteiger partial charge < -0.3 is 14.5 Å². The van der Waals surface area contributed by atoms with Gasteiger partial charge in [-0.25, -0.2) is 4.39 Å². The maximum atomic E-state index is 12.9. The molecule has 2 aliphatic heterocycles. The lowest BCUT2D eigenvalue weighted by atomic mass is 9.95. The van der Waals surface area contributed by atoms with Crippen LogP contribution in [0.15, 0.2) is 24.3 Å². The molecule has 2 heterocycles. The predicted molar refractivity (Wildman–Crippen MR) is 86.8 cm³/mol. The molecule has 24 heavy (non-hydrogen) atoms. The second kappa shape index (κ2) is 7.75. The van der Waals surface area contributed by atoms with Crippen LogP contribution in [0.1, 0.15) is 18.4 Å². The van der Waals surface area contributed by atoms with Gasteiger partial charge in [0.25, 0.3) is 0 Å². The fourth-order valence-corrected chi connectivity index (χ4v) is 3.34. The number of morpholine rings is 1. The summed E-state index contributed by atoms with van der Waals surface area (Å²) in [7, 11) is 0. The zero-order valence-corrected chi connectivity index (χ0v) is 13.7. The minimum atomic E-state index is -0.305. The Kier molecular flexibility index (Phi) is 5.45. The molecule has 5 nitrogen and oxygen atoms in total. The molecule has 2 fully saturated rings. The normalized spacial score (nSPS) is 21.6. The zero-order valence-electron chi connectivity index (χ0n) is 13.7. The quantitative estimate of drug-likeness (QED) is 0.841. The molecule has 6 heteroatoms. The van der Waals surface area contributed by atoms with Crippen molar-refractivity contribution in [2.24, 2.45) is 5.92 Å². The molecule has 1 aromatic carbocycles. The van der Waals surface area contributed by atoms with Crippen molar-refractivity contribution in [3.8, 4) is 0 Å². The second-order valence-electron chi connectivity index (χ2n) is 6.42. The topological polar surface area (TPSA) is 49.9 Å². The number of hydrogen-bond donors (Lipinski definition) is 0. The SMILES string of the molecule is O=C(Cc1ccc(F)cc1)N1CCCC(C(=O)N2CCOCC2)C1. The van der Waals surface area contributed by atoms with Crippen LogP contribution in [-0.2, 0) is 20.7 Å². The van der Waals surface area contributed by atoms with Gasteiger partial charge >= 0.3 is 0 Å². The van der Waals surface area contributed by atoms with E-state index in [1.165, 1.54) is 12.1 Å². The minimum Gasteiger partial charge on any atom is -0.378 e. The molecule has 1 unspecified atom stereocenters. The van der Waals surface area contributed by atoms with Gasteiger partial charge in [0.05, 0.1) is 25.6 Å². The molecule has 0 saturated carbocycles. The van der Waals surface area contributed by atoms with Crippen molar-refractivity contribution >= 4 is 11.8 Å². The van der Waals surface area contributed by atoms with E-state index in [2.05, 4.69) is 0 Å².